The van der Waals surface area contributed by atoms with Gasteiger partial charge in [0.2, 0.25) is 0 Å². The summed E-state index contributed by atoms with van der Waals surface area (Å²) in [6.07, 6.45) is 10.7. The molecular weight excluding hydrogens is 404 g/mol. The van der Waals surface area contributed by atoms with Crippen molar-refractivity contribution in [3.63, 3.8) is 0 Å². The average molecular weight is 447 g/mol. The summed E-state index contributed by atoms with van der Waals surface area (Å²) >= 11 is 0. The molecule has 5 heteroatoms. The first-order chi connectivity index (χ1) is 15.1. The van der Waals surface area contributed by atoms with Crippen LogP contribution in [0.5, 0.6) is 0 Å². The minimum atomic E-state index is -0.436. The molecule has 0 amide bonds. The predicted octanol–water partition coefficient (Wildman–Crippen LogP) is 5.06. The summed E-state index contributed by atoms with van der Waals surface area (Å²) in [5, 5.41) is 11.6. The average Bonchev–Trinajstić information content (AvgIpc) is 3.11. The largest absolute Gasteiger partial charge is 0.469 e. The Morgan fingerprint density at radius 2 is 1.94 bits per heavy atom. The molecule has 0 heterocycles. The van der Waals surface area contributed by atoms with Crippen LogP contribution in [0, 0.1) is 40.4 Å². The van der Waals surface area contributed by atoms with Gasteiger partial charge in [-0.05, 0) is 86.4 Å². The van der Waals surface area contributed by atoms with Crippen LogP contribution in [-0.2, 0) is 19.1 Å². The molecular formula is C27H42O5. The summed E-state index contributed by atoms with van der Waals surface area (Å²) in [4.78, 5) is 23.2. The van der Waals surface area contributed by atoms with E-state index in [-0.39, 0.29) is 28.9 Å². The summed E-state index contributed by atoms with van der Waals surface area (Å²) in [6.45, 7) is 8.48. The lowest BCUT2D eigenvalue weighted by molar-refractivity contribution is -0.151. The van der Waals surface area contributed by atoms with Crippen molar-refractivity contribution >= 4 is 11.9 Å². The molecule has 0 spiro atoms. The van der Waals surface area contributed by atoms with Crippen LogP contribution in [0.1, 0.15) is 85.5 Å². The minimum absolute atomic E-state index is 0.0491. The molecule has 4 aliphatic rings. The van der Waals surface area contributed by atoms with E-state index in [1.54, 1.807) is 0 Å². The van der Waals surface area contributed by atoms with Crippen LogP contribution in [0.15, 0.2) is 11.6 Å². The van der Waals surface area contributed by atoms with Crippen molar-refractivity contribution in [2.24, 2.45) is 40.4 Å². The highest BCUT2D eigenvalue weighted by molar-refractivity contribution is 5.69. The lowest BCUT2D eigenvalue weighted by Gasteiger charge is -2.58. The Hall–Kier alpha value is -1.36. The van der Waals surface area contributed by atoms with E-state index >= 15 is 0 Å². The van der Waals surface area contributed by atoms with Crippen LogP contribution in [0.3, 0.4) is 0 Å². The lowest BCUT2D eigenvalue weighted by atomic mass is 9.47. The summed E-state index contributed by atoms with van der Waals surface area (Å²) in [5.74, 6) is 2.08. The van der Waals surface area contributed by atoms with E-state index in [0.29, 0.717) is 36.0 Å². The Balaban J connectivity index is 1.55. The van der Waals surface area contributed by atoms with Crippen LogP contribution in [0.4, 0.5) is 0 Å². The van der Waals surface area contributed by atoms with Gasteiger partial charge in [0.05, 0.1) is 13.2 Å². The Bertz CT molecular complexity index is 774. The van der Waals surface area contributed by atoms with Gasteiger partial charge < -0.3 is 14.6 Å². The quantitative estimate of drug-likeness (QED) is 0.472. The zero-order valence-electron chi connectivity index (χ0n) is 20.6. The van der Waals surface area contributed by atoms with Crippen molar-refractivity contribution in [2.45, 2.75) is 97.7 Å². The number of fused-ring (bicyclic) bond motifs is 5. The number of rotatable bonds is 5. The van der Waals surface area contributed by atoms with Crippen LogP contribution >= 0.6 is 0 Å². The number of aliphatic hydroxyl groups is 1. The second-order valence-corrected chi connectivity index (χ2v) is 11.6. The van der Waals surface area contributed by atoms with Crippen LogP contribution < -0.4 is 0 Å². The molecule has 4 aliphatic carbocycles. The second-order valence-electron chi connectivity index (χ2n) is 11.6. The molecule has 9 atom stereocenters. The summed E-state index contributed by atoms with van der Waals surface area (Å²) in [7, 11) is 1.45. The van der Waals surface area contributed by atoms with E-state index in [1.807, 2.05) is 0 Å². The van der Waals surface area contributed by atoms with Crippen molar-refractivity contribution in [1.82, 2.24) is 0 Å². The fourth-order valence-electron chi connectivity index (χ4n) is 8.44. The van der Waals surface area contributed by atoms with Crippen molar-refractivity contribution in [2.75, 3.05) is 7.11 Å². The highest BCUT2D eigenvalue weighted by Crippen LogP contribution is 2.66. The monoisotopic (exact) mass is 446 g/mol. The fraction of sp³-hybridized carbons (Fsp3) is 0.852. The molecule has 0 radical (unpaired) electrons. The molecule has 0 aromatic carbocycles. The smallest absolute Gasteiger partial charge is 0.305 e. The summed E-state index contributed by atoms with van der Waals surface area (Å²) in [5.41, 5.74) is 1.48. The third-order valence-corrected chi connectivity index (χ3v) is 10.2. The molecule has 3 saturated carbocycles. The van der Waals surface area contributed by atoms with Gasteiger partial charge in [-0.15, -0.1) is 0 Å². The van der Waals surface area contributed by atoms with E-state index < -0.39 is 6.10 Å². The van der Waals surface area contributed by atoms with Gasteiger partial charge in [0.1, 0.15) is 6.10 Å². The summed E-state index contributed by atoms with van der Waals surface area (Å²) in [6, 6.07) is 0. The number of ether oxygens (including phenoxy) is 2. The lowest BCUT2D eigenvalue weighted by Crippen LogP contribution is -2.53. The van der Waals surface area contributed by atoms with E-state index in [1.165, 1.54) is 38.9 Å². The molecule has 0 aliphatic heterocycles. The SMILES string of the molecule is COC(=O)CC[C@@H](C)C1CCC2C3CCC4C[C@H](OC(C)=O)CC[C@]4(C)C3=C[C@H](O)[C@@]21C. The van der Waals surface area contributed by atoms with Gasteiger partial charge in [-0.3, -0.25) is 9.59 Å². The zero-order valence-corrected chi connectivity index (χ0v) is 20.6. The number of carbonyl (C=O) groups is 2. The Morgan fingerprint density at radius 3 is 2.62 bits per heavy atom. The third-order valence-electron chi connectivity index (χ3n) is 10.2. The maximum absolute atomic E-state index is 11.7. The van der Waals surface area contributed by atoms with E-state index in [2.05, 4.69) is 26.8 Å². The normalized spacial score (nSPS) is 43.9. The van der Waals surface area contributed by atoms with Crippen molar-refractivity contribution < 1.29 is 24.2 Å². The molecule has 180 valence electrons. The standard InChI is InChI=1S/C27H42O5/c1-16(6-11-25(30)31-5)21-9-10-22-20-8-7-18-14-19(32-17(2)28)12-13-26(18,3)23(20)15-24(29)27(21,22)4/h15-16,18-22,24,29H,6-14H2,1-5H3/t16-,18?,19-,20?,21?,22?,24+,26+,27-/m1/s1. The van der Waals surface area contributed by atoms with E-state index in [0.717, 1.165) is 32.1 Å². The number of methoxy groups -OCH3 is 1. The number of hydrogen-bond donors (Lipinski definition) is 1. The first kappa shape index (κ1) is 23.8. The number of aliphatic hydroxyl groups excluding tert-OH is 1. The highest BCUT2D eigenvalue weighted by atomic mass is 16.5. The number of esters is 2. The first-order valence-corrected chi connectivity index (χ1v) is 12.8. The molecule has 4 rings (SSSR count). The Morgan fingerprint density at radius 1 is 1.19 bits per heavy atom. The molecule has 0 aromatic rings. The van der Waals surface area contributed by atoms with Crippen molar-refractivity contribution in [3.8, 4) is 0 Å². The van der Waals surface area contributed by atoms with Gasteiger partial charge in [-0.1, -0.05) is 32.4 Å². The fourth-order valence-corrected chi connectivity index (χ4v) is 8.44. The maximum atomic E-state index is 11.7. The minimum Gasteiger partial charge on any atom is -0.469 e. The van der Waals surface area contributed by atoms with E-state index in [9.17, 15) is 14.7 Å². The van der Waals surface area contributed by atoms with Crippen molar-refractivity contribution in [1.29, 1.82) is 0 Å². The van der Waals surface area contributed by atoms with Gasteiger partial charge in [-0.2, -0.15) is 0 Å². The topological polar surface area (TPSA) is 72.8 Å². The van der Waals surface area contributed by atoms with Gasteiger partial charge in [0.15, 0.2) is 0 Å². The maximum Gasteiger partial charge on any atom is 0.305 e. The van der Waals surface area contributed by atoms with Crippen LogP contribution in [-0.4, -0.2) is 36.4 Å². The zero-order chi connectivity index (χ0) is 23.3. The highest BCUT2D eigenvalue weighted by Gasteiger charge is 2.60. The summed E-state index contributed by atoms with van der Waals surface area (Å²) < 4.78 is 10.4. The third kappa shape index (κ3) is 3.82. The van der Waals surface area contributed by atoms with Gasteiger partial charge >= 0.3 is 11.9 Å². The number of carbonyl (C=O) groups excluding carboxylic acids is 2. The van der Waals surface area contributed by atoms with Gasteiger partial charge in [-0.25, -0.2) is 0 Å². The number of allylic oxidation sites excluding steroid dienone is 1. The molecule has 0 aromatic heterocycles. The number of hydrogen-bond acceptors (Lipinski definition) is 5. The molecule has 0 saturated heterocycles. The second kappa shape index (κ2) is 8.77. The van der Waals surface area contributed by atoms with Crippen LogP contribution in [0.25, 0.3) is 0 Å². The van der Waals surface area contributed by atoms with Gasteiger partial charge in [0, 0.05) is 18.8 Å². The Labute approximate surface area is 193 Å². The molecule has 3 fully saturated rings. The van der Waals surface area contributed by atoms with Gasteiger partial charge in [0.25, 0.3) is 0 Å². The van der Waals surface area contributed by atoms with Crippen molar-refractivity contribution in [3.05, 3.63) is 11.6 Å². The molecule has 5 nitrogen and oxygen atoms in total. The molecule has 32 heavy (non-hydrogen) atoms. The predicted molar refractivity (Wildman–Crippen MR) is 123 cm³/mol. The van der Waals surface area contributed by atoms with Crippen LogP contribution in [0.2, 0.25) is 0 Å². The van der Waals surface area contributed by atoms with E-state index in [4.69, 9.17) is 9.47 Å². The Kier molecular flexibility index (Phi) is 6.52. The molecule has 0 bridgehead atoms. The molecule has 4 unspecified atom stereocenters. The molecule has 1 N–H and O–H groups in total. The first-order valence-electron chi connectivity index (χ1n) is 12.8.